The largest absolute Gasteiger partial charge is 0.493 e. The van der Waals surface area contributed by atoms with Gasteiger partial charge in [0.15, 0.2) is 11.5 Å². The normalized spacial score (nSPS) is 10.3. The summed E-state index contributed by atoms with van der Waals surface area (Å²) in [5, 5.41) is 7.53. The van der Waals surface area contributed by atoms with Crippen molar-refractivity contribution in [3.63, 3.8) is 0 Å². The molecule has 0 aliphatic carbocycles. The first-order valence-corrected chi connectivity index (χ1v) is 9.49. The number of carbonyl (C=O) groups is 2. The number of methoxy groups -OCH3 is 2. The van der Waals surface area contributed by atoms with Crippen LogP contribution in [0.1, 0.15) is 10.4 Å². The Hall–Kier alpha value is -3.74. The summed E-state index contributed by atoms with van der Waals surface area (Å²) in [5.74, 6) is 1.04. The number of benzene rings is 3. The SMILES string of the molecule is COc1ccc(C(=O)NCC(=O)NCCOc2ccc3ccccc3c2)cc1OC. The molecule has 0 radical (unpaired) electrons. The maximum atomic E-state index is 12.2. The van der Waals surface area contributed by atoms with Gasteiger partial charge in [0, 0.05) is 5.56 Å². The molecule has 7 nitrogen and oxygen atoms in total. The fourth-order valence-electron chi connectivity index (χ4n) is 2.92. The summed E-state index contributed by atoms with van der Waals surface area (Å²) in [4.78, 5) is 24.2. The van der Waals surface area contributed by atoms with Crippen molar-refractivity contribution in [3.05, 3.63) is 66.2 Å². The molecule has 0 unspecified atom stereocenters. The van der Waals surface area contributed by atoms with Crippen molar-refractivity contribution in [1.29, 1.82) is 0 Å². The maximum Gasteiger partial charge on any atom is 0.251 e. The Morgan fingerprint density at radius 2 is 1.60 bits per heavy atom. The lowest BCUT2D eigenvalue weighted by molar-refractivity contribution is -0.120. The zero-order valence-electron chi connectivity index (χ0n) is 16.9. The molecule has 0 saturated heterocycles. The number of hydrogen-bond acceptors (Lipinski definition) is 5. The van der Waals surface area contributed by atoms with Gasteiger partial charge in [-0.05, 0) is 41.1 Å². The Labute approximate surface area is 174 Å². The minimum Gasteiger partial charge on any atom is -0.493 e. The predicted octanol–water partition coefficient (Wildman–Crippen LogP) is 2.78. The molecule has 30 heavy (non-hydrogen) atoms. The molecule has 0 spiro atoms. The van der Waals surface area contributed by atoms with Gasteiger partial charge < -0.3 is 24.8 Å². The molecular weight excluding hydrogens is 384 g/mol. The minimum atomic E-state index is -0.376. The van der Waals surface area contributed by atoms with Crippen LogP contribution in [-0.2, 0) is 4.79 Å². The molecule has 3 rings (SSSR count). The summed E-state index contributed by atoms with van der Waals surface area (Å²) >= 11 is 0. The highest BCUT2D eigenvalue weighted by atomic mass is 16.5. The number of carbonyl (C=O) groups excluding carboxylic acids is 2. The van der Waals surface area contributed by atoms with Crippen LogP contribution in [0.5, 0.6) is 17.2 Å². The molecule has 0 heterocycles. The van der Waals surface area contributed by atoms with Crippen LogP contribution in [0.15, 0.2) is 60.7 Å². The molecule has 3 aromatic carbocycles. The predicted molar refractivity (Wildman–Crippen MR) is 114 cm³/mol. The van der Waals surface area contributed by atoms with Crippen molar-refractivity contribution >= 4 is 22.6 Å². The van der Waals surface area contributed by atoms with Crippen molar-refractivity contribution in [2.24, 2.45) is 0 Å². The van der Waals surface area contributed by atoms with Gasteiger partial charge in [-0.25, -0.2) is 0 Å². The second-order valence-electron chi connectivity index (χ2n) is 6.46. The first-order chi connectivity index (χ1) is 14.6. The summed E-state index contributed by atoms with van der Waals surface area (Å²) in [5.41, 5.74) is 0.375. The van der Waals surface area contributed by atoms with Crippen molar-refractivity contribution in [3.8, 4) is 17.2 Å². The molecular formula is C23H24N2O5. The van der Waals surface area contributed by atoms with Gasteiger partial charge in [-0.1, -0.05) is 30.3 Å². The highest BCUT2D eigenvalue weighted by Crippen LogP contribution is 2.27. The first kappa shape index (κ1) is 21.0. The van der Waals surface area contributed by atoms with Gasteiger partial charge in [0.2, 0.25) is 5.91 Å². The van der Waals surface area contributed by atoms with Crippen LogP contribution in [0.3, 0.4) is 0 Å². The highest BCUT2D eigenvalue weighted by Gasteiger charge is 2.11. The van der Waals surface area contributed by atoms with E-state index in [-0.39, 0.29) is 18.4 Å². The monoisotopic (exact) mass is 408 g/mol. The summed E-state index contributed by atoms with van der Waals surface area (Å²) in [7, 11) is 3.01. The third-order valence-corrected chi connectivity index (χ3v) is 4.47. The van der Waals surface area contributed by atoms with E-state index in [2.05, 4.69) is 10.6 Å². The number of amides is 2. The molecule has 0 aromatic heterocycles. The highest BCUT2D eigenvalue weighted by molar-refractivity contribution is 5.97. The van der Waals surface area contributed by atoms with Crippen LogP contribution in [0.4, 0.5) is 0 Å². The molecule has 0 aliphatic rings. The van der Waals surface area contributed by atoms with Crippen LogP contribution in [0, 0.1) is 0 Å². The zero-order valence-corrected chi connectivity index (χ0v) is 16.9. The van der Waals surface area contributed by atoms with E-state index in [1.54, 1.807) is 18.2 Å². The number of fused-ring (bicyclic) bond motifs is 1. The molecule has 3 aromatic rings. The summed E-state index contributed by atoms with van der Waals surface area (Å²) < 4.78 is 16.0. The molecule has 0 atom stereocenters. The topological polar surface area (TPSA) is 85.9 Å². The van der Waals surface area contributed by atoms with Gasteiger partial charge in [-0.15, -0.1) is 0 Å². The standard InChI is InChI=1S/C23H24N2O5/c1-28-20-10-8-18(14-21(20)29-2)23(27)25-15-22(26)24-11-12-30-19-9-7-16-5-3-4-6-17(16)13-19/h3-10,13-14H,11-12,15H2,1-2H3,(H,24,26)(H,25,27). The van der Waals surface area contributed by atoms with E-state index in [0.717, 1.165) is 16.5 Å². The van der Waals surface area contributed by atoms with Crippen LogP contribution in [0.2, 0.25) is 0 Å². The van der Waals surface area contributed by atoms with Crippen LogP contribution < -0.4 is 24.8 Å². The van der Waals surface area contributed by atoms with Gasteiger partial charge in [0.1, 0.15) is 12.4 Å². The molecule has 7 heteroatoms. The first-order valence-electron chi connectivity index (χ1n) is 9.49. The van der Waals surface area contributed by atoms with Gasteiger partial charge >= 0.3 is 0 Å². The number of nitrogens with one attached hydrogen (secondary N) is 2. The van der Waals surface area contributed by atoms with Gasteiger partial charge in [-0.2, -0.15) is 0 Å². The van der Waals surface area contributed by atoms with E-state index in [9.17, 15) is 9.59 Å². The Balaban J connectivity index is 1.40. The quantitative estimate of drug-likeness (QED) is 0.532. The third kappa shape index (κ3) is 5.41. The summed E-state index contributed by atoms with van der Waals surface area (Å²) in [6.45, 7) is 0.523. The zero-order chi connectivity index (χ0) is 21.3. The Morgan fingerprint density at radius 3 is 2.37 bits per heavy atom. The third-order valence-electron chi connectivity index (χ3n) is 4.47. The molecule has 2 amide bonds. The fraction of sp³-hybridized carbons (Fsp3) is 0.217. The molecule has 0 aliphatic heterocycles. The lowest BCUT2D eigenvalue weighted by Crippen LogP contribution is -2.38. The van der Waals surface area contributed by atoms with E-state index in [1.807, 2.05) is 42.5 Å². The van der Waals surface area contributed by atoms with Crippen molar-refractivity contribution in [2.45, 2.75) is 0 Å². The second kappa shape index (κ2) is 10.2. The lowest BCUT2D eigenvalue weighted by Gasteiger charge is -2.11. The average Bonchev–Trinajstić information content (AvgIpc) is 2.79. The maximum absolute atomic E-state index is 12.2. The van der Waals surface area contributed by atoms with E-state index in [1.165, 1.54) is 14.2 Å². The van der Waals surface area contributed by atoms with Crippen molar-refractivity contribution in [2.75, 3.05) is 33.9 Å². The van der Waals surface area contributed by atoms with E-state index < -0.39 is 0 Å². The summed E-state index contributed by atoms with van der Waals surface area (Å²) in [6.07, 6.45) is 0. The van der Waals surface area contributed by atoms with E-state index >= 15 is 0 Å². The summed E-state index contributed by atoms with van der Waals surface area (Å²) in [6, 6.07) is 18.7. The van der Waals surface area contributed by atoms with Crippen LogP contribution >= 0.6 is 0 Å². The second-order valence-corrected chi connectivity index (χ2v) is 6.46. The number of hydrogen-bond donors (Lipinski definition) is 2. The Kier molecular flexibility index (Phi) is 7.10. The molecule has 0 fully saturated rings. The lowest BCUT2D eigenvalue weighted by atomic mass is 10.1. The van der Waals surface area contributed by atoms with Gasteiger partial charge in [0.25, 0.3) is 5.91 Å². The average molecular weight is 408 g/mol. The minimum absolute atomic E-state index is 0.136. The van der Waals surface area contributed by atoms with E-state index in [0.29, 0.717) is 30.2 Å². The molecule has 0 bridgehead atoms. The Bertz CT molecular complexity index is 1040. The van der Waals surface area contributed by atoms with Gasteiger partial charge in [0.05, 0.1) is 27.3 Å². The van der Waals surface area contributed by atoms with Crippen molar-refractivity contribution < 1.29 is 23.8 Å². The van der Waals surface area contributed by atoms with Crippen LogP contribution in [0.25, 0.3) is 10.8 Å². The molecule has 156 valence electrons. The molecule has 0 saturated carbocycles. The Morgan fingerprint density at radius 1 is 0.833 bits per heavy atom. The smallest absolute Gasteiger partial charge is 0.251 e. The number of ether oxygens (including phenoxy) is 3. The fourth-order valence-corrected chi connectivity index (χ4v) is 2.92. The van der Waals surface area contributed by atoms with Gasteiger partial charge in [-0.3, -0.25) is 9.59 Å². The number of rotatable bonds is 9. The van der Waals surface area contributed by atoms with E-state index in [4.69, 9.17) is 14.2 Å². The van der Waals surface area contributed by atoms with Crippen LogP contribution in [-0.4, -0.2) is 45.7 Å². The molecule has 2 N–H and O–H groups in total. The van der Waals surface area contributed by atoms with Crippen molar-refractivity contribution in [1.82, 2.24) is 10.6 Å².